The molecule has 1 aliphatic heterocycles. The number of rotatable bonds is 8. The Labute approximate surface area is 142 Å². The Morgan fingerprint density at radius 3 is 2.50 bits per heavy atom. The van der Waals surface area contributed by atoms with E-state index >= 15 is 0 Å². The molecule has 0 spiro atoms. The van der Waals surface area contributed by atoms with Crippen LogP contribution < -0.4 is 10.6 Å². The van der Waals surface area contributed by atoms with Gasteiger partial charge in [0.05, 0.1) is 0 Å². The molecule has 0 aromatic heterocycles. The number of hydrogen-bond acceptors (Lipinski definition) is 3. The second-order valence-corrected chi connectivity index (χ2v) is 6.03. The molecule has 1 fully saturated rings. The molecule has 2 N–H and O–H groups in total. The van der Waals surface area contributed by atoms with Crippen LogP contribution in [0.4, 0.5) is 4.79 Å². The van der Waals surface area contributed by atoms with Gasteiger partial charge in [-0.1, -0.05) is 44.2 Å². The molecule has 130 valence electrons. The van der Waals surface area contributed by atoms with Crippen LogP contribution in [0.15, 0.2) is 30.3 Å². The molecule has 0 saturated carbocycles. The Hall–Kier alpha value is -2.37. The van der Waals surface area contributed by atoms with Crippen molar-refractivity contribution in [3.05, 3.63) is 35.9 Å². The zero-order valence-electron chi connectivity index (χ0n) is 14.2. The summed E-state index contributed by atoms with van der Waals surface area (Å²) >= 11 is 0. The summed E-state index contributed by atoms with van der Waals surface area (Å²) in [7, 11) is 0. The molecule has 0 radical (unpaired) electrons. The van der Waals surface area contributed by atoms with Crippen LogP contribution in [0, 0.1) is 0 Å². The van der Waals surface area contributed by atoms with E-state index in [9.17, 15) is 14.4 Å². The molecule has 2 rings (SSSR count). The molecule has 0 unspecified atom stereocenters. The maximum absolute atomic E-state index is 12.4. The summed E-state index contributed by atoms with van der Waals surface area (Å²) in [6.07, 6.45) is 2.87. The lowest BCUT2D eigenvalue weighted by Crippen LogP contribution is -2.44. The van der Waals surface area contributed by atoms with Crippen molar-refractivity contribution >= 4 is 17.8 Å². The van der Waals surface area contributed by atoms with E-state index in [1.807, 2.05) is 44.2 Å². The molecule has 4 amide bonds. The number of carbonyl (C=O) groups excluding carboxylic acids is 3. The number of nitrogens with zero attached hydrogens (tertiary/aromatic N) is 1. The maximum atomic E-state index is 12.4. The topological polar surface area (TPSA) is 78.5 Å². The fourth-order valence-electron chi connectivity index (χ4n) is 2.79. The first-order chi connectivity index (χ1) is 11.5. The van der Waals surface area contributed by atoms with E-state index in [1.54, 1.807) is 0 Å². The lowest BCUT2D eigenvalue weighted by Gasteiger charge is -2.17. The molecule has 0 aliphatic carbocycles. The average Bonchev–Trinajstić information content (AvgIpc) is 2.86. The number of hydrogen-bond donors (Lipinski definition) is 2. The van der Waals surface area contributed by atoms with Crippen LogP contribution >= 0.6 is 0 Å². The number of benzene rings is 1. The third-order valence-corrected chi connectivity index (χ3v) is 4.32. The molecule has 1 saturated heterocycles. The fourth-order valence-corrected chi connectivity index (χ4v) is 2.79. The van der Waals surface area contributed by atoms with Gasteiger partial charge < -0.3 is 10.6 Å². The Morgan fingerprint density at radius 1 is 1.21 bits per heavy atom. The summed E-state index contributed by atoms with van der Waals surface area (Å²) in [4.78, 5) is 37.4. The third-order valence-electron chi connectivity index (χ3n) is 4.32. The smallest absolute Gasteiger partial charge is 0.325 e. The van der Waals surface area contributed by atoms with Crippen LogP contribution in [0.2, 0.25) is 0 Å². The van der Waals surface area contributed by atoms with Gasteiger partial charge in [0.2, 0.25) is 5.91 Å². The lowest BCUT2D eigenvalue weighted by atomic mass is 10.1. The van der Waals surface area contributed by atoms with Crippen LogP contribution in [0.25, 0.3) is 0 Å². The van der Waals surface area contributed by atoms with Crippen molar-refractivity contribution in [3.8, 4) is 0 Å². The minimum Gasteiger partial charge on any atom is -0.352 e. The van der Waals surface area contributed by atoms with Crippen molar-refractivity contribution in [3.63, 3.8) is 0 Å². The number of urea groups is 1. The van der Waals surface area contributed by atoms with Gasteiger partial charge in [0.15, 0.2) is 0 Å². The van der Waals surface area contributed by atoms with Gasteiger partial charge in [-0.3, -0.25) is 14.5 Å². The predicted molar refractivity (Wildman–Crippen MR) is 91.3 cm³/mol. The standard InChI is InChI=1S/C18H25N3O3/c1-3-14(4-2)19-16(22)12-21-17(23)15(20-18(21)24)11-10-13-8-6-5-7-9-13/h5-9,14-15H,3-4,10-12H2,1-2H3,(H,19,22)(H,20,24)/t15-/m1/s1. The largest absolute Gasteiger partial charge is 0.352 e. The molecular weight excluding hydrogens is 306 g/mol. The van der Waals surface area contributed by atoms with Crippen molar-refractivity contribution in [2.45, 2.75) is 51.6 Å². The molecule has 6 heteroatoms. The van der Waals surface area contributed by atoms with E-state index < -0.39 is 12.1 Å². The number of carbonyl (C=O) groups is 3. The summed E-state index contributed by atoms with van der Waals surface area (Å²) in [5, 5.41) is 5.51. The molecule has 24 heavy (non-hydrogen) atoms. The van der Waals surface area contributed by atoms with E-state index in [2.05, 4.69) is 10.6 Å². The van der Waals surface area contributed by atoms with Gasteiger partial charge in [0, 0.05) is 6.04 Å². The molecular formula is C18H25N3O3. The Bertz CT molecular complexity index is 584. The van der Waals surface area contributed by atoms with Crippen LogP contribution in [0.1, 0.15) is 38.7 Å². The normalized spacial score (nSPS) is 17.3. The van der Waals surface area contributed by atoms with Gasteiger partial charge in [-0.2, -0.15) is 0 Å². The second kappa shape index (κ2) is 8.47. The first-order valence-electron chi connectivity index (χ1n) is 8.50. The van der Waals surface area contributed by atoms with Crippen LogP contribution in [-0.4, -0.2) is 41.4 Å². The first kappa shape index (κ1) is 18.0. The van der Waals surface area contributed by atoms with Crippen molar-refractivity contribution in [2.75, 3.05) is 6.54 Å². The van der Waals surface area contributed by atoms with E-state index in [-0.39, 0.29) is 24.4 Å². The minimum atomic E-state index is -0.557. The molecule has 1 aliphatic rings. The molecule has 1 heterocycles. The zero-order valence-corrected chi connectivity index (χ0v) is 14.2. The predicted octanol–water partition coefficient (Wildman–Crippen LogP) is 1.84. The lowest BCUT2D eigenvalue weighted by molar-refractivity contribution is -0.132. The summed E-state index contributed by atoms with van der Waals surface area (Å²) < 4.78 is 0. The summed E-state index contributed by atoms with van der Waals surface area (Å²) in [5.74, 6) is -0.619. The molecule has 1 aromatic rings. The van der Waals surface area contributed by atoms with Crippen LogP contribution in [0.3, 0.4) is 0 Å². The third kappa shape index (κ3) is 4.57. The summed E-state index contributed by atoms with van der Waals surface area (Å²) in [6.45, 7) is 3.76. The van der Waals surface area contributed by atoms with E-state index in [0.717, 1.165) is 23.3 Å². The van der Waals surface area contributed by atoms with Gasteiger partial charge in [-0.15, -0.1) is 0 Å². The highest BCUT2D eigenvalue weighted by molar-refractivity contribution is 6.06. The van der Waals surface area contributed by atoms with E-state index in [0.29, 0.717) is 12.8 Å². The van der Waals surface area contributed by atoms with Crippen LogP contribution in [0.5, 0.6) is 0 Å². The number of aryl methyl sites for hydroxylation is 1. The molecule has 1 atom stereocenters. The second-order valence-electron chi connectivity index (χ2n) is 6.03. The highest BCUT2D eigenvalue weighted by atomic mass is 16.2. The van der Waals surface area contributed by atoms with Crippen molar-refractivity contribution in [1.82, 2.24) is 15.5 Å². The van der Waals surface area contributed by atoms with Crippen molar-refractivity contribution < 1.29 is 14.4 Å². The highest BCUT2D eigenvalue weighted by Gasteiger charge is 2.38. The van der Waals surface area contributed by atoms with Gasteiger partial charge in [0.25, 0.3) is 5.91 Å². The van der Waals surface area contributed by atoms with E-state index in [1.165, 1.54) is 0 Å². The Morgan fingerprint density at radius 2 is 1.88 bits per heavy atom. The number of amides is 4. The van der Waals surface area contributed by atoms with Gasteiger partial charge in [0.1, 0.15) is 12.6 Å². The van der Waals surface area contributed by atoms with Crippen molar-refractivity contribution in [1.29, 1.82) is 0 Å². The van der Waals surface area contributed by atoms with Crippen molar-refractivity contribution in [2.24, 2.45) is 0 Å². The minimum absolute atomic E-state index is 0.0761. The number of imide groups is 1. The molecule has 0 bridgehead atoms. The highest BCUT2D eigenvalue weighted by Crippen LogP contribution is 2.13. The monoisotopic (exact) mass is 331 g/mol. The Kier molecular flexibility index (Phi) is 6.35. The van der Waals surface area contributed by atoms with Crippen LogP contribution in [-0.2, 0) is 16.0 Å². The summed E-state index contributed by atoms with van der Waals surface area (Å²) in [5.41, 5.74) is 1.12. The summed E-state index contributed by atoms with van der Waals surface area (Å²) in [6, 6.07) is 8.83. The van der Waals surface area contributed by atoms with Gasteiger partial charge in [-0.05, 0) is 31.2 Å². The fraction of sp³-hybridized carbons (Fsp3) is 0.500. The SMILES string of the molecule is CCC(CC)NC(=O)CN1C(=O)N[C@H](CCc2ccccc2)C1=O. The average molecular weight is 331 g/mol. The van der Waals surface area contributed by atoms with Gasteiger partial charge in [-0.25, -0.2) is 4.79 Å². The zero-order chi connectivity index (χ0) is 17.5. The first-order valence-corrected chi connectivity index (χ1v) is 8.50. The molecule has 1 aromatic carbocycles. The number of nitrogens with one attached hydrogen (secondary N) is 2. The maximum Gasteiger partial charge on any atom is 0.325 e. The Balaban J connectivity index is 1.87. The quantitative estimate of drug-likeness (QED) is 0.714. The van der Waals surface area contributed by atoms with Gasteiger partial charge >= 0.3 is 6.03 Å². The molecule has 6 nitrogen and oxygen atoms in total. The van der Waals surface area contributed by atoms with E-state index in [4.69, 9.17) is 0 Å².